The normalized spacial score (nSPS) is 11.8. The molecule has 0 aliphatic heterocycles. The smallest absolute Gasteiger partial charge is 0.289 e. The molecular formula is C22H24N2O3. The molecule has 0 saturated heterocycles. The minimum absolute atomic E-state index is 0.241. The Hall–Kier alpha value is -3.08. The Labute approximate surface area is 159 Å². The van der Waals surface area contributed by atoms with E-state index in [9.17, 15) is 4.79 Å². The summed E-state index contributed by atoms with van der Waals surface area (Å²) in [6, 6.07) is 19.8. The van der Waals surface area contributed by atoms with Gasteiger partial charge in [-0.2, -0.15) is 0 Å². The molecule has 1 unspecified atom stereocenters. The van der Waals surface area contributed by atoms with Crippen LogP contribution in [0.1, 0.15) is 40.2 Å². The highest BCUT2D eigenvalue weighted by Gasteiger charge is 2.15. The van der Waals surface area contributed by atoms with Crippen molar-refractivity contribution in [2.45, 2.75) is 25.7 Å². The fourth-order valence-electron chi connectivity index (χ4n) is 2.93. The maximum Gasteiger partial charge on any atom is 0.289 e. The predicted molar refractivity (Wildman–Crippen MR) is 104 cm³/mol. The first-order chi connectivity index (χ1) is 13.2. The largest absolute Gasteiger partial charge is 0.497 e. The van der Waals surface area contributed by atoms with Crippen LogP contribution in [0.2, 0.25) is 0 Å². The summed E-state index contributed by atoms with van der Waals surface area (Å²) in [4.78, 5) is 12.2. The van der Waals surface area contributed by atoms with E-state index in [1.54, 1.807) is 13.2 Å². The van der Waals surface area contributed by atoms with Gasteiger partial charge in [-0.3, -0.25) is 4.79 Å². The molecule has 0 fully saturated rings. The molecule has 27 heavy (non-hydrogen) atoms. The molecule has 1 atom stereocenters. The van der Waals surface area contributed by atoms with Gasteiger partial charge in [-0.1, -0.05) is 54.5 Å². The van der Waals surface area contributed by atoms with Crippen molar-refractivity contribution in [2.24, 2.45) is 0 Å². The highest BCUT2D eigenvalue weighted by molar-refractivity contribution is 5.91. The second kappa shape index (κ2) is 9.03. The van der Waals surface area contributed by atoms with Crippen molar-refractivity contribution in [3.8, 4) is 5.75 Å². The average Bonchev–Trinajstić information content (AvgIpc) is 3.17. The molecule has 5 heteroatoms. The van der Waals surface area contributed by atoms with Crippen LogP contribution >= 0.6 is 0 Å². The molecule has 140 valence electrons. The zero-order valence-electron chi connectivity index (χ0n) is 15.6. The minimum atomic E-state index is -0.241. The van der Waals surface area contributed by atoms with Crippen LogP contribution in [0.25, 0.3) is 0 Å². The van der Waals surface area contributed by atoms with Crippen molar-refractivity contribution >= 4 is 5.91 Å². The summed E-state index contributed by atoms with van der Waals surface area (Å²) < 4.78 is 10.4. The second-order valence-corrected chi connectivity index (χ2v) is 6.55. The number of nitrogens with zero attached hydrogens (tertiary/aromatic N) is 1. The first-order valence-electron chi connectivity index (χ1n) is 9.07. The highest BCUT2D eigenvalue weighted by Crippen LogP contribution is 2.20. The molecule has 0 aliphatic rings. The van der Waals surface area contributed by atoms with E-state index >= 15 is 0 Å². The van der Waals surface area contributed by atoms with E-state index in [0.717, 1.165) is 29.8 Å². The van der Waals surface area contributed by atoms with Gasteiger partial charge in [-0.15, -0.1) is 0 Å². The zero-order chi connectivity index (χ0) is 19.1. The number of hydrogen-bond acceptors (Lipinski definition) is 4. The number of carbonyl (C=O) groups is 1. The van der Waals surface area contributed by atoms with Gasteiger partial charge in [0.1, 0.15) is 5.75 Å². The maximum atomic E-state index is 12.2. The molecule has 2 aromatic carbocycles. The number of nitrogens with one attached hydrogen (secondary N) is 1. The lowest BCUT2D eigenvalue weighted by atomic mass is 9.96. The van der Waals surface area contributed by atoms with E-state index in [4.69, 9.17) is 9.26 Å². The van der Waals surface area contributed by atoms with Crippen LogP contribution in [0, 0.1) is 0 Å². The maximum absolute atomic E-state index is 12.2. The molecule has 1 amide bonds. The quantitative estimate of drug-likeness (QED) is 0.656. The number of amides is 1. The summed E-state index contributed by atoms with van der Waals surface area (Å²) >= 11 is 0. The lowest BCUT2D eigenvalue weighted by molar-refractivity contribution is 0.0917. The number of carbonyl (C=O) groups excluding carboxylic acids is 1. The Kier molecular flexibility index (Phi) is 6.26. The Morgan fingerprint density at radius 2 is 1.89 bits per heavy atom. The molecule has 1 heterocycles. The molecule has 1 aromatic heterocycles. The van der Waals surface area contributed by atoms with Crippen molar-refractivity contribution in [1.82, 2.24) is 10.5 Å². The number of rotatable bonds is 8. The van der Waals surface area contributed by atoms with Crippen LogP contribution in [-0.4, -0.2) is 24.7 Å². The van der Waals surface area contributed by atoms with Crippen molar-refractivity contribution in [1.29, 1.82) is 0 Å². The average molecular weight is 364 g/mol. The van der Waals surface area contributed by atoms with Crippen LogP contribution in [0.5, 0.6) is 5.75 Å². The molecule has 3 rings (SSSR count). The van der Waals surface area contributed by atoms with Crippen molar-refractivity contribution in [3.63, 3.8) is 0 Å². The zero-order valence-corrected chi connectivity index (χ0v) is 15.6. The SMILES string of the molecule is COc1ccc(CCNC(=O)c2cc(CC(C)c3ccccc3)no2)cc1. The third-order valence-corrected chi connectivity index (χ3v) is 4.52. The lowest BCUT2D eigenvalue weighted by Gasteiger charge is -2.08. The predicted octanol–water partition coefficient (Wildman–Crippen LogP) is 4.00. The van der Waals surface area contributed by atoms with Crippen LogP contribution < -0.4 is 10.1 Å². The van der Waals surface area contributed by atoms with Crippen LogP contribution in [0.4, 0.5) is 0 Å². The van der Waals surface area contributed by atoms with Crippen molar-refractivity contribution in [3.05, 3.63) is 83.2 Å². The number of hydrogen-bond donors (Lipinski definition) is 1. The molecular weight excluding hydrogens is 340 g/mol. The van der Waals surface area contributed by atoms with Gasteiger partial charge in [0.05, 0.1) is 12.8 Å². The Morgan fingerprint density at radius 1 is 1.15 bits per heavy atom. The molecule has 0 spiro atoms. The number of benzene rings is 2. The van der Waals surface area contributed by atoms with E-state index in [-0.39, 0.29) is 11.7 Å². The Morgan fingerprint density at radius 3 is 2.59 bits per heavy atom. The first kappa shape index (κ1) is 18.7. The van der Waals surface area contributed by atoms with Gasteiger partial charge < -0.3 is 14.6 Å². The fraction of sp³-hybridized carbons (Fsp3) is 0.273. The fourth-order valence-corrected chi connectivity index (χ4v) is 2.93. The van der Waals surface area contributed by atoms with Crippen molar-refractivity contribution < 1.29 is 14.1 Å². The topological polar surface area (TPSA) is 64.4 Å². The second-order valence-electron chi connectivity index (χ2n) is 6.55. The first-order valence-corrected chi connectivity index (χ1v) is 9.07. The standard InChI is InChI=1S/C22H24N2O3/c1-16(18-6-4-3-5-7-18)14-19-15-21(27-24-19)22(25)23-13-12-17-8-10-20(26-2)11-9-17/h3-11,15-16H,12-14H2,1-2H3,(H,23,25). The summed E-state index contributed by atoms with van der Waals surface area (Å²) in [5.41, 5.74) is 3.16. The molecule has 1 N–H and O–H groups in total. The summed E-state index contributed by atoms with van der Waals surface area (Å²) in [5, 5.41) is 6.91. The van der Waals surface area contributed by atoms with Gasteiger partial charge in [-0.05, 0) is 42.0 Å². The molecule has 0 aliphatic carbocycles. The summed E-state index contributed by atoms with van der Waals surface area (Å²) in [5.74, 6) is 1.14. The molecule has 5 nitrogen and oxygen atoms in total. The summed E-state index contributed by atoms with van der Waals surface area (Å²) in [6.45, 7) is 2.67. The highest BCUT2D eigenvalue weighted by atomic mass is 16.5. The van der Waals surface area contributed by atoms with E-state index in [2.05, 4.69) is 29.5 Å². The van der Waals surface area contributed by atoms with E-state index < -0.39 is 0 Å². The molecule has 0 radical (unpaired) electrons. The van der Waals surface area contributed by atoms with E-state index in [0.29, 0.717) is 12.5 Å². The minimum Gasteiger partial charge on any atom is -0.497 e. The molecule has 0 saturated carbocycles. The van der Waals surface area contributed by atoms with Gasteiger partial charge in [0, 0.05) is 12.6 Å². The van der Waals surface area contributed by atoms with Gasteiger partial charge in [-0.25, -0.2) is 0 Å². The Bertz CT molecular complexity index is 857. The third kappa shape index (κ3) is 5.20. The number of methoxy groups -OCH3 is 1. The number of aromatic nitrogens is 1. The summed E-state index contributed by atoms with van der Waals surface area (Å²) in [6.07, 6.45) is 1.47. The Balaban J connectivity index is 1.49. The third-order valence-electron chi connectivity index (χ3n) is 4.52. The van der Waals surface area contributed by atoms with E-state index in [1.165, 1.54) is 5.56 Å². The van der Waals surface area contributed by atoms with Crippen molar-refractivity contribution in [2.75, 3.05) is 13.7 Å². The van der Waals surface area contributed by atoms with E-state index in [1.807, 2.05) is 42.5 Å². The van der Waals surface area contributed by atoms with Crippen LogP contribution in [0.3, 0.4) is 0 Å². The molecule has 3 aromatic rings. The van der Waals surface area contributed by atoms with Crippen LogP contribution in [-0.2, 0) is 12.8 Å². The van der Waals surface area contributed by atoms with Gasteiger partial charge >= 0.3 is 0 Å². The van der Waals surface area contributed by atoms with Gasteiger partial charge in [0.25, 0.3) is 5.91 Å². The summed E-state index contributed by atoms with van der Waals surface area (Å²) in [7, 11) is 1.64. The lowest BCUT2D eigenvalue weighted by Crippen LogP contribution is -2.25. The number of ether oxygens (including phenoxy) is 1. The van der Waals surface area contributed by atoms with Gasteiger partial charge in [0.2, 0.25) is 5.76 Å². The van der Waals surface area contributed by atoms with Crippen LogP contribution in [0.15, 0.2) is 65.2 Å². The monoisotopic (exact) mass is 364 g/mol. The van der Waals surface area contributed by atoms with Gasteiger partial charge in [0.15, 0.2) is 0 Å². The molecule has 0 bridgehead atoms.